The van der Waals surface area contributed by atoms with Crippen molar-refractivity contribution < 1.29 is 19.0 Å². The molecule has 0 radical (unpaired) electrons. The van der Waals surface area contributed by atoms with Crippen molar-refractivity contribution in [2.45, 2.75) is 75.8 Å². The quantitative estimate of drug-likeness (QED) is 0.179. The Hall–Kier alpha value is -1.20. The lowest BCUT2D eigenvalue weighted by molar-refractivity contribution is -0.0392. The van der Waals surface area contributed by atoms with Gasteiger partial charge in [0.2, 0.25) is 0 Å². The molecule has 3 aliphatic rings. The SMILES string of the molecule is CC.O=C(NC1CCc2cc(CNCC3OCCO3)ccc2C1)c1ccc(SCC2CCCO2)cc1.SS. The van der Waals surface area contributed by atoms with Gasteiger partial charge in [0, 0.05) is 42.0 Å². The van der Waals surface area contributed by atoms with E-state index in [2.05, 4.69) is 52.2 Å². The molecular weight excluding hydrogens is 537 g/mol. The maximum absolute atomic E-state index is 12.8. The average molecular weight is 579 g/mol. The van der Waals surface area contributed by atoms with Crippen LogP contribution in [-0.2, 0) is 33.6 Å². The number of rotatable bonds is 9. The molecule has 2 aliphatic heterocycles. The van der Waals surface area contributed by atoms with Crippen LogP contribution in [0.25, 0.3) is 0 Å². The first-order valence-electron chi connectivity index (χ1n) is 13.6. The minimum Gasteiger partial charge on any atom is -0.377 e. The summed E-state index contributed by atoms with van der Waals surface area (Å²) < 4.78 is 16.6. The third-order valence-corrected chi connectivity index (χ3v) is 7.89. The van der Waals surface area contributed by atoms with Crippen LogP contribution in [0.15, 0.2) is 47.4 Å². The Labute approximate surface area is 242 Å². The Morgan fingerprint density at radius 3 is 2.45 bits per heavy atom. The normalized spacial score (nSPS) is 20.5. The largest absolute Gasteiger partial charge is 0.377 e. The second kappa shape index (κ2) is 17.5. The van der Waals surface area contributed by atoms with E-state index in [-0.39, 0.29) is 18.2 Å². The average Bonchev–Trinajstić information content (AvgIpc) is 3.69. The van der Waals surface area contributed by atoms with Crippen molar-refractivity contribution in [2.24, 2.45) is 0 Å². The van der Waals surface area contributed by atoms with Crippen LogP contribution in [0.2, 0.25) is 0 Å². The summed E-state index contributed by atoms with van der Waals surface area (Å²) in [6.45, 7) is 7.77. The molecule has 5 rings (SSSR count). The molecule has 6 nitrogen and oxygen atoms in total. The van der Waals surface area contributed by atoms with Crippen molar-refractivity contribution in [3.63, 3.8) is 0 Å². The van der Waals surface area contributed by atoms with Gasteiger partial charge < -0.3 is 24.8 Å². The van der Waals surface area contributed by atoms with Crippen LogP contribution >= 0.6 is 35.1 Å². The second-order valence-electron chi connectivity index (χ2n) is 9.29. The lowest BCUT2D eigenvalue weighted by Crippen LogP contribution is -2.38. The molecule has 2 atom stereocenters. The highest BCUT2D eigenvalue weighted by molar-refractivity contribution is 8.59. The standard InChI is InChI=1S/C27H34N2O4S.C2H6.H2S2/c30-27(20-6-9-25(10-7-20)34-18-24-2-1-11-31-24)29-23-8-5-21-14-19(3-4-22(21)15-23)16-28-17-26-32-12-13-33-26;2*1-2/h3-4,6-7,9-10,14,23-24,26,28H,1-2,5,8,11-13,15-18H2,(H,29,30);1-2H3;1-2H. The maximum atomic E-state index is 12.8. The van der Waals surface area contributed by atoms with Crippen molar-refractivity contribution in [1.82, 2.24) is 10.6 Å². The molecule has 2 fully saturated rings. The van der Waals surface area contributed by atoms with Gasteiger partial charge in [-0.15, -0.1) is 35.1 Å². The van der Waals surface area contributed by atoms with Gasteiger partial charge in [0.1, 0.15) is 0 Å². The van der Waals surface area contributed by atoms with Crippen LogP contribution in [0.4, 0.5) is 0 Å². The zero-order valence-corrected chi connectivity index (χ0v) is 25.1. The summed E-state index contributed by atoms with van der Waals surface area (Å²) in [5, 5.41) is 6.66. The highest BCUT2D eigenvalue weighted by Crippen LogP contribution is 2.25. The van der Waals surface area contributed by atoms with Crippen molar-refractivity contribution >= 4 is 41.0 Å². The monoisotopic (exact) mass is 578 g/mol. The molecule has 9 heteroatoms. The lowest BCUT2D eigenvalue weighted by Gasteiger charge is -2.26. The molecule has 0 saturated carbocycles. The highest BCUT2D eigenvalue weighted by Gasteiger charge is 2.22. The summed E-state index contributed by atoms with van der Waals surface area (Å²) in [7, 11) is 0. The van der Waals surface area contributed by atoms with Crippen LogP contribution in [0.5, 0.6) is 0 Å². The number of thiol groups is 2. The van der Waals surface area contributed by atoms with Gasteiger partial charge in [0.15, 0.2) is 6.29 Å². The molecule has 2 saturated heterocycles. The van der Waals surface area contributed by atoms with E-state index < -0.39 is 0 Å². The molecule has 2 N–H and O–H groups in total. The van der Waals surface area contributed by atoms with E-state index in [1.54, 1.807) is 11.8 Å². The molecule has 210 valence electrons. The predicted octanol–water partition coefficient (Wildman–Crippen LogP) is 5.49. The number of ether oxygens (including phenoxy) is 3. The van der Waals surface area contributed by atoms with Gasteiger partial charge in [-0.25, -0.2) is 0 Å². The Kier molecular flexibility index (Phi) is 14.4. The number of thioether (sulfide) groups is 1. The Morgan fingerprint density at radius 1 is 0.974 bits per heavy atom. The number of carbonyl (C=O) groups excluding carboxylic acids is 1. The predicted molar refractivity (Wildman–Crippen MR) is 163 cm³/mol. The summed E-state index contributed by atoms with van der Waals surface area (Å²) >= 11 is 8.25. The zero-order valence-electron chi connectivity index (χ0n) is 22.5. The third-order valence-electron chi connectivity index (χ3n) is 6.74. The summed E-state index contributed by atoms with van der Waals surface area (Å²) in [6, 6.07) is 14.8. The first-order chi connectivity index (χ1) is 18.7. The lowest BCUT2D eigenvalue weighted by atomic mass is 9.87. The molecule has 0 bridgehead atoms. The van der Waals surface area contributed by atoms with Crippen LogP contribution in [0.3, 0.4) is 0 Å². The van der Waals surface area contributed by atoms with Gasteiger partial charge in [-0.2, -0.15) is 0 Å². The van der Waals surface area contributed by atoms with E-state index in [0.717, 1.165) is 50.2 Å². The number of nitrogens with one attached hydrogen (secondary N) is 2. The molecular formula is C29H42N2O4S3. The molecule has 1 amide bonds. The van der Waals surface area contributed by atoms with Gasteiger partial charge in [-0.3, -0.25) is 4.79 Å². The van der Waals surface area contributed by atoms with Crippen molar-refractivity contribution in [2.75, 3.05) is 32.1 Å². The van der Waals surface area contributed by atoms with Crippen LogP contribution in [-0.4, -0.2) is 56.5 Å². The fourth-order valence-electron chi connectivity index (χ4n) is 4.84. The van der Waals surface area contributed by atoms with E-state index in [1.807, 2.05) is 38.1 Å². The molecule has 0 aromatic heterocycles. The van der Waals surface area contributed by atoms with Gasteiger partial charge in [-0.05, 0) is 73.1 Å². The minimum absolute atomic E-state index is 0.0151. The summed E-state index contributed by atoms with van der Waals surface area (Å²) in [5.41, 5.74) is 4.73. The summed E-state index contributed by atoms with van der Waals surface area (Å²) in [4.78, 5) is 14.0. The fourth-order valence-corrected chi connectivity index (χ4v) is 5.81. The number of hydrogen-bond acceptors (Lipinski definition) is 8. The van der Waals surface area contributed by atoms with E-state index in [1.165, 1.54) is 28.0 Å². The van der Waals surface area contributed by atoms with Crippen LogP contribution in [0, 0.1) is 0 Å². The molecule has 2 heterocycles. The molecule has 2 aromatic carbocycles. The number of aryl methyl sites for hydroxylation is 1. The van der Waals surface area contributed by atoms with Crippen molar-refractivity contribution in [1.29, 1.82) is 0 Å². The van der Waals surface area contributed by atoms with E-state index in [4.69, 9.17) is 14.2 Å². The number of fused-ring (bicyclic) bond motifs is 1. The fraction of sp³-hybridized carbons (Fsp3) is 0.552. The second-order valence-corrected chi connectivity index (χ2v) is 10.4. The van der Waals surface area contributed by atoms with Gasteiger partial charge in [-0.1, -0.05) is 32.0 Å². The topological polar surface area (TPSA) is 68.8 Å². The third kappa shape index (κ3) is 9.77. The van der Waals surface area contributed by atoms with Gasteiger partial charge in [0.05, 0.1) is 19.3 Å². The van der Waals surface area contributed by atoms with E-state index >= 15 is 0 Å². The van der Waals surface area contributed by atoms with Crippen LogP contribution in [0.1, 0.15) is 60.2 Å². The van der Waals surface area contributed by atoms with Gasteiger partial charge in [0.25, 0.3) is 5.91 Å². The minimum atomic E-state index is -0.122. The number of hydrogen-bond donors (Lipinski definition) is 4. The van der Waals surface area contributed by atoms with Crippen molar-refractivity contribution in [3.8, 4) is 0 Å². The molecule has 0 spiro atoms. The highest BCUT2D eigenvalue weighted by atomic mass is 33.1. The smallest absolute Gasteiger partial charge is 0.251 e. The summed E-state index contributed by atoms with van der Waals surface area (Å²) in [5.74, 6) is 0.995. The molecule has 2 aromatic rings. The maximum Gasteiger partial charge on any atom is 0.251 e. The molecule has 1 aliphatic carbocycles. The first-order valence-corrected chi connectivity index (χ1v) is 16.2. The Bertz CT molecular complexity index is 965. The van der Waals surface area contributed by atoms with E-state index in [9.17, 15) is 4.79 Å². The Balaban J connectivity index is 0.000000956. The van der Waals surface area contributed by atoms with Crippen molar-refractivity contribution in [3.05, 3.63) is 64.7 Å². The number of benzene rings is 2. The van der Waals surface area contributed by atoms with E-state index in [0.29, 0.717) is 25.9 Å². The van der Waals surface area contributed by atoms with Crippen LogP contribution < -0.4 is 10.6 Å². The number of amides is 1. The molecule has 2 unspecified atom stereocenters. The number of carbonyl (C=O) groups is 1. The van der Waals surface area contributed by atoms with Gasteiger partial charge >= 0.3 is 0 Å². The Morgan fingerprint density at radius 2 is 1.74 bits per heavy atom. The first kappa shape index (κ1) is 31.3. The zero-order chi connectivity index (χ0) is 27.2. The molecule has 38 heavy (non-hydrogen) atoms. The summed E-state index contributed by atoms with van der Waals surface area (Å²) in [6.07, 6.45) is 5.41.